The molecule has 3 heterocycles. The summed E-state index contributed by atoms with van der Waals surface area (Å²) in [5.74, 6) is 0.769. The van der Waals surface area contributed by atoms with Gasteiger partial charge in [-0.1, -0.05) is 13.0 Å². The number of nitrogens with one attached hydrogen (secondary N) is 1. The number of hydrogen-bond acceptors (Lipinski definition) is 5. The van der Waals surface area contributed by atoms with Gasteiger partial charge in [0.2, 0.25) is 10.0 Å². The van der Waals surface area contributed by atoms with Crippen LogP contribution in [0.25, 0.3) is 0 Å². The van der Waals surface area contributed by atoms with Gasteiger partial charge in [-0.2, -0.15) is 4.31 Å². The second-order valence-corrected chi connectivity index (χ2v) is 10.5. The molecule has 0 radical (unpaired) electrons. The third-order valence-corrected chi connectivity index (χ3v) is 7.85. The SMILES string of the molecule is CC1CCN(C(CNC(=O)N2CCN(S(C)(=O)=O)CC2)c2cccs2)CC1. The van der Waals surface area contributed by atoms with Gasteiger partial charge in [-0.05, 0) is 43.3 Å². The van der Waals surface area contributed by atoms with Gasteiger partial charge in [-0.3, -0.25) is 4.90 Å². The summed E-state index contributed by atoms with van der Waals surface area (Å²) < 4.78 is 24.7. The highest BCUT2D eigenvalue weighted by Gasteiger charge is 2.28. The van der Waals surface area contributed by atoms with Gasteiger partial charge in [0.05, 0.1) is 12.3 Å². The second kappa shape index (κ2) is 8.89. The molecule has 1 unspecified atom stereocenters. The zero-order valence-electron chi connectivity index (χ0n) is 16.1. The van der Waals surface area contributed by atoms with Gasteiger partial charge in [0.1, 0.15) is 0 Å². The first-order valence-corrected chi connectivity index (χ1v) is 12.3. The molecule has 2 saturated heterocycles. The van der Waals surface area contributed by atoms with Crippen LogP contribution in [-0.4, -0.2) is 80.6 Å². The Morgan fingerprint density at radius 2 is 1.89 bits per heavy atom. The highest BCUT2D eigenvalue weighted by atomic mass is 32.2. The summed E-state index contributed by atoms with van der Waals surface area (Å²) in [4.78, 5) is 18.1. The number of piperidine rings is 1. The lowest BCUT2D eigenvalue weighted by Crippen LogP contribution is -2.53. The van der Waals surface area contributed by atoms with Crippen LogP contribution in [0.5, 0.6) is 0 Å². The standard InChI is InChI=1S/C18H30N4O3S2/c1-15-5-7-20(8-6-15)16(17-4-3-13-26-17)14-19-18(23)21-9-11-22(12-10-21)27(2,24)25/h3-4,13,15-16H,5-12,14H2,1-2H3,(H,19,23). The number of hydrogen-bond donors (Lipinski definition) is 1. The van der Waals surface area contributed by atoms with Crippen molar-refractivity contribution in [3.8, 4) is 0 Å². The fourth-order valence-corrected chi connectivity index (χ4v) is 5.44. The Morgan fingerprint density at radius 3 is 2.44 bits per heavy atom. The zero-order chi connectivity index (χ0) is 19.4. The van der Waals surface area contributed by atoms with Crippen molar-refractivity contribution in [1.29, 1.82) is 0 Å². The first kappa shape index (κ1) is 20.6. The van der Waals surface area contributed by atoms with Crippen molar-refractivity contribution < 1.29 is 13.2 Å². The number of nitrogens with zero attached hydrogens (tertiary/aromatic N) is 3. The Morgan fingerprint density at radius 1 is 1.22 bits per heavy atom. The fourth-order valence-electron chi connectivity index (χ4n) is 3.75. The van der Waals surface area contributed by atoms with Crippen molar-refractivity contribution in [3.05, 3.63) is 22.4 Å². The van der Waals surface area contributed by atoms with Gasteiger partial charge in [-0.25, -0.2) is 13.2 Å². The molecule has 1 atom stereocenters. The minimum absolute atomic E-state index is 0.102. The van der Waals surface area contributed by atoms with Gasteiger partial charge >= 0.3 is 6.03 Å². The minimum atomic E-state index is -3.18. The lowest BCUT2D eigenvalue weighted by atomic mass is 9.97. The molecule has 0 spiro atoms. The summed E-state index contributed by atoms with van der Waals surface area (Å²) in [7, 11) is -3.18. The molecule has 0 aliphatic carbocycles. The van der Waals surface area contributed by atoms with Crippen LogP contribution in [0.15, 0.2) is 17.5 Å². The third-order valence-electron chi connectivity index (χ3n) is 5.57. The first-order chi connectivity index (χ1) is 12.8. The van der Waals surface area contributed by atoms with Crippen LogP contribution >= 0.6 is 11.3 Å². The molecule has 2 aliphatic rings. The van der Waals surface area contributed by atoms with E-state index in [9.17, 15) is 13.2 Å². The number of rotatable bonds is 5. The van der Waals surface area contributed by atoms with Crippen LogP contribution in [0.4, 0.5) is 4.79 Å². The van der Waals surface area contributed by atoms with Crippen molar-refractivity contribution in [2.75, 3.05) is 52.1 Å². The van der Waals surface area contributed by atoms with Crippen molar-refractivity contribution >= 4 is 27.4 Å². The van der Waals surface area contributed by atoms with Crippen molar-refractivity contribution in [1.82, 2.24) is 19.4 Å². The number of thiophene rings is 1. The van der Waals surface area contributed by atoms with Gasteiger partial charge < -0.3 is 10.2 Å². The maximum absolute atomic E-state index is 12.6. The number of piperazine rings is 1. The summed E-state index contributed by atoms with van der Waals surface area (Å²) in [5, 5.41) is 5.17. The monoisotopic (exact) mass is 414 g/mol. The third kappa shape index (κ3) is 5.43. The largest absolute Gasteiger partial charge is 0.336 e. The lowest BCUT2D eigenvalue weighted by Gasteiger charge is -2.37. The van der Waals surface area contributed by atoms with E-state index in [2.05, 4.69) is 34.7 Å². The van der Waals surface area contributed by atoms with E-state index >= 15 is 0 Å². The Bertz CT molecular complexity index is 707. The van der Waals surface area contributed by atoms with Crippen LogP contribution in [0.3, 0.4) is 0 Å². The predicted octanol–water partition coefficient (Wildman–Crippen LogP) is 1.81. The molecule has 1 aromatic heterocycles. The molecule has 2 amide bonds. The molecule has 152 valence electrons. The van der Waals surface area contributed by atoms with Crippen molar-refractivity contribution in [3.63, 3.8) is 0 Å². The molecule has 0 bridgehead atoms. The predicted molar refractivity (Wildman–Crippen MR) is 108 cm³/mol. The summed E-state index contributed by atoms with van der Waals surface area (Å²) in [6.45, 7) is 6.61. The molecule has 9 heteroatoms. The quantitative estimate of drug-likeness (QED) is 0.798. The maximum Gasteiger partial charge on any atom is 0.317 e. The van der Waals surface area contributed by atoms with Gasteiger partial charge in [-0.15, -0.1) is 11.3 Å². The van der Waals surface area contributed by atoms with Crippen LogP contribution < -0.4 is 5.32 Å². The molecule has 7 nitrogen and oxygen atoms in total. The average molecular weight is 415 g/mol. The number of urea groups is 1. The number of likely N-dealkylation sites (tertiary alicyclic amines) is 1. The van der Waals surface area contributed by atoms with E-state index in [1.807, 2.05) is 0 Å². The lowest BCUT2D eigenvalue weighted by molar-refractivity contribution is 0.132. The van der Waals surface area contributed by atoms with Crippen LogP contribution in [0.1, 0.15) is 30.7 Å². The fraction of sp³-hybridized carbons (Fsp3) is 0.722. The van der Waals surface area contributed by atoms with E-state index in [0.29, 0.717) is 32.7 Å². The van der Waals surface area contributed by atoms with Gasteiger partial charge in [0.25, 0.3) is 0 Å². The normalized spacial score (nSPS) is 21.9. The molecule has 2 aliphatic heterocycles. The molecule has 1 N–H and O–H groups in total. The van der Waals surface area contributed by atoms with Crippen LogP contribution in [-0.2, 0) is 10.0 Å². The van der Waals surface area contributed by atoms with Gasteiger partial charge in [0.15, 0.2) is 0 Å². The smallest absolute Gasteiger partial charge is 0.317 e. The van der Waals surface area contributed by atoms with Crippen LogP contribution in [0, 0.1) is 5.92 Å². The van der Waals surface area contributed by atoms with E-state index in [0.717, 1.165) is 19.0 Å². The topological polar surface area (TPSA) is 73.0 Å². The number of carbonyl (C=O) groups excluding carboxylic acids is 1. The summed E-state index contributed by atoms with van der Waals surface area (Å²) in [6.07, 6.45) is 3.61. The number of amides is 2. The molecule has 3 rings (SSSR count). The molecule has 0 saturated carbocycles. The Balaban J connectivity index is 1.55. The number of sulfonamides is 1. The first-order valence-electron chi connectivity index (χ1n) is 9.60. The molecule has 27 heavy (non-hydrogen) atoms. The summed E-state index contributed by atoms with van der Waals surface area (Å²) in [6, 6.07) is 4.31. The van der Waals surface area contributed by atoms with Gasteiger partial charge in [0, 0.05) is 37.6 Å². The summed E-state index contributed by atoms with van der Waals surface area (Å²) >= 11 is 1.74. The van der Waals surface area contributed by atoms with E-state index < -0.39 is 10.0 Å². The van der Waals surface area contributed by atoms with E-state index in [4.69, 9.17) is 0 Å². The van der Waals surface area contributed by atoms with E-state index in [1.54, 1.807) is 16.2 Å². The van der Waals surface area contributed by atoms with Crippen LogP contribution in [0.2, 0.25) is 0 Å². The van der Waals surface area contributed by atoms with Crippen molar-refractivity contribution in [2.45, 2.75) is 25.8 Å². The molecule has 1 aromatic rings. The Hall–Kier alpha value is -1.16. The minimum Gasteiger partial charge on any atom is -0.336 e. The van der Waals surface area contributed by atoms with E-state index in [1.165, 1.54) is 28.3 Å². The molecular formula is C18H30N4O3S2. The average Bonchev–Trinajstić information content (AvgIpc) is 3.17. The molecule has 0 aromatic carbocycles. The highest BCUT2D eigenvalue weighted by molar-refractivity contribution is 7.88. The highest BCUT2D eigenvalue weighted by Crippen LogP contribution is 2.29. The Kier molecular flexibility index (Phi) is 6.78. The zero-order valence-corrected chi connectivity index (χ0v) is 17.8. The second-order valence-electron chi connectivity index (χ2n) is 7.58. The number of carbonyl (C=O) groups is 1. The van der Waals surface area contributed by atoms with Crippen molar-refractivity contribution in [2.24, 2.45) is 5.92 Å². The summed E-state index contributed by atoms with van der Waals surface area (Å²) in [5.41, 5.74) is 0. The molecular weight excluding hydrogens is 384 g/mol. The Labute approximate surface area is 166 Å². The van der Waals surface area contributed by atoms with E-state index in [-0.39, 0.29) is 12.1 Å². The molecule has 2 fully saturated rings. The maximum atomic E-state index is 12.6.